The summed E-state index contributed by atoms with van der Waals surface area (Å²) in [7, 11) is -3.68. The molecule has 0 saturated carbocycles. The smallest absolute Gasteiger partial charge is 0.241 e. The molecule has 1 aliphatic rings. The molecule has 0 fully saturated rings. The molecule has 1 heterocycles. The zero-order chi connectivity index (χ0) is 22.8. The zero-order valence-electron chi connectivity index (χ0n) is 18.6. The van der Waals surface area contributed by atoms with Crippen molar-refractivity contribution in [2.24, 2.45) is 0 Å². The van der Waals surface area contributed by atoms with Gasteiger partial charge < -0.3 is 14.8 Å². The first kappa shape index (κ1) is 22.9. The maximum absolute atomic E-state index is 13.0. The van der Waals surface area contributed by atoms with Gasteiger partial charge >= 0.3 is 0 Å². The van der Waals surface area contributed by atoms with E-state index in [1.807, 2.05) is 45.9 Å². The van der Waals surface area contributed by atoms with Gasteiger partial charge in [-0.2, -0.15) is 0 Å². The van der Waals surface area contributed by atoms with Gasteiger partial charge in [0.05, 0.1) is 24.6 Å². The zero-order valence-corrected chi connectivity index (χ0v) is 19.5. The van der Waals surface area contributed by atoms with Crippen LogP contribution >= 0.6 is 0 Å². The van der Waals surface area contributed by atoms with Crippen LogP contribution in [0.1, 0.15) is 44.4 Å². The Hall–Kier alpha value is -2.74. The predicted octanol–water partition coefficient (Wildman–Crippen LogP) is 3.58. The second-order valence-electron chi connectivity index (χ2n) is 8.43. The number of aryl methyl sites for hydroxylation is 1. The Labute approximate surface area is 184 Å². The van der Waals surface area contributed by atoms with Crippen LogP contribution in [-0.2, 0) is 14.8 Å². The van der Waals surface area contributed by atoms with Crippen LogP contribution in [0.15, 0.2) is 42.5 Å². The molecular weight excluding hydrogens is 416 g/mol. The summed E-state index contributed by atoms with van der Waals surface area (Å²) in [5.74, 6) is 0.900. The fourth-order valence-corrected chi connectivity index (χ4v) is 4.60. The number of hydrogen-bond donors (Lipinski definition) is 1. The van der Waals surface area contributed by atoms with Gasteiger partial charge in [-0.3, -0.25) is 9.10 Å². The lowest BCUT2D eigenvalue weighted by atomic mass is 9.89. The van der Waals surface area contributed by atoms with Gasteiger partial charge in [0.25, 0.3) is 0 Å². The summed E-state index contributed by atoms with van der Waals surface area (Å²) in [5, 5.41) is 3.01. The highest BCUT2D eigenvalue weighted by Gasteiger charge is 2.35. The summed E-state index contributed by atoms with van der Waals surface area (Å²) in [6, 6.07) is 12.3. The summed E-state index contributed by atoms with van der Waals surface area (Å²) in [4.78, 5) is 13.0. The van der Waals surface area contributed by atoms with Crippen molar-refractivity contribution >= 4 is 21.6 Å². The third-order valence-electron chi connectivity index (χ3n) is 5.07. The molecule has 0 unspecified atom stereocenters. The summed E-state index contributed by atoms with van der Waals surface area (Å²) < 4.78 is 37.5. The highest BCUT2D eigenvalue weighted by Crippen LogP contribution is 2.40. The summed E-state index contributed by atoms with van der Waals surface area (Å²) in [5.41, 5.74) is 1.88. The number of nitrogens with one attached hydrogen (secondary N) is 1. The number of nitrogens with zero attached hydrogens (tertiary/aromatic N) is 1. The minimum absolute atomic E-state index is 0.275. The van der Waals surface area contributed by atoms with Crippen LogP contribution in [0.3, 0.4) is 0 Å². The van der Waals surface area contributed by atoms with Crippen molar-refractivity contribution in [1.82, 2.24) is 5.32 Å². The van der Waals surface area contributed by atoms with Crippen molar-refractivity contribution in [2.45, 2.75) is 45.8 Å². The first-order valence-electron chi connectivity index (χ1n) is 10.3. The van der Waals surface area contributed by atoms with Gasteiger partial charge in [0.15, 0.2) is 0 Å². The van der Waals surface area contributed by atoms with Gasteiger partial charge in [-0.15, -0.1) is 0 Å². The number of hydrogen-bond acceptors (Lipinski definition) is 5. The Kier molecular flexibility index (Phi) is 6.50. The van der Waals surface area contributed by atoms with Crippen molar-refractivity contribution < 1.29 is 22.7 Å². The first-order valence-corrected chi connectivity index (χ1v) is 12.1. The van der Waals surface area contributed by atoms with Gasteiger partial charge in [0.2, 0.25) is 15.9 Å². The highest BCUT2D eigenvalue weighted by molar-refractivity contribution is 7.92. The fraction of sp³-hybridized carbons (Fsp3) is 0.435. The van der Waals surface area contributed by atoms with Gasteiger partial charge in [-0.05, 0) is 51.5 Å². The van der Waals surface area contributed by atoms with Crippen molar-refractivity contribution in [2.75, 3.05) is 23.7 Å². The molecule has 0 bridgehead atoms. The SMILES string of the molecule is CCOc1cccc(N(CC(=O)N[C@@H]2CC(C)(C)Oc3cc(C)ccc32)S(C)(=O)=O)c1. The lowest BCUT2D eigenvalue weighted by molar-refractivity contribution is -0.120. The van der Waals surface area contributed by atoms with E-state index >= 15 is 0 Å². The Bertz CT molecular complexity index is 1070. The quantitative estimate of drug-likeness (QED) is 0.703. The van der Waals surface area contributed by atoms with Gasteiger partial charge in [-0.25, -0.2) is 8.42 Å². The number of rotatable bonds is 7. The molecule has 2 aromatic carbocycles. The van der Waals surface area contributed by atoms with Crippen LogP contribution in [-0.4, -0.2) is 39.3 Å². The largest absolute Gasteiger partial charge is 0.494 e. The normalized spacial score (nSPS) is 17.3. The second kappa shape index (κ2) is 8.78. The van der Waals surface area contributed by atoms with E-state index in [4.69, 9.17) is 9.47 Å². The molecule has 0 aliphatic carbocycles. The molecule has 3 rings (SSSR count). The Balaban J connectivity index is 1.83. The molecule has 0 radical (unpaired) electrons. The van der Waals surface area contributed by atoms with E-state index in [2.05, 4.69) is 5.32 Å². The Morgan fingerprint density at radius 3 is 2.68 bits per heavy atom. The molecular formula is C23H30N2O5S. The van der Waals surface area contributed by atoms with Crippen LogP contribution in [0.25, 0.3) is 0 Å². The third kappa shape index (κ3) is 5.70. The molecule has 8 heteroatoms. The molecule has 168 valence electrons. The number of carbonyl (C=O) groups is 1. The minimum Gasteiger partial charge on any atom is -0.494 e. The molecule has 0 aromatic heterocycles. The van der Waals surface area contributed by atoms with E-state index in [1.165, 1.54) is 0 Å². The predicted molar refractivity (Wildman–Crippen MR) is 121 cm³/mol. The van der Waals surface area contributed by atoms with Crippen LogP contribution in [0.4, 0.5) is 5.69 Å². The summed E-state index contributed by atoms with van der Waals surface area (Å²) in [6.07, 6.45) is 1.66. The van der Waals surface area contributed by atoms with Crippen molar-refractivity contribution in [3.05, 3.63) is 53.6 Å². The number of sulfonamides is 1. The van der Waals surface area contributed by atoms with Crippen LogP contribution in [0.2, 0.25) is 0 Å². The van der Waals surface area contributed by atoms with Gasteiger partial charge in [-0.1, -0.05) is 18.2 Å². The average molecular weight is 447 g/mol. The molecule has 1 atom stereocenters. The number of benzene rings is 2. The Morgan fingerprint density at radius 2 is 2.00 bits per heavy atom. The van der Waals surface area contributed by atoms with E-state index in [9.17, 15) is 13.2 Å². The molecule has 1 aliphatic heterocycles. The molecule has 0 saturated heterocycles. The maximum Gasteiger partial charge on any atom is 0.241 e. The number of fused-ring (bicyclic) bond motifs is 1. The van der Waals surface area contributed by atoms with E-state index in [0.717, 1.165) is 27.4 Å². The van der Waals surface area contributed by atoms with E-state index in [0.29, 0.717) is 24.5 Å². The van der Waals surface area contributed by atoms with E-state index in [1.54, 1.807) is 24.3 Å². The molecule has 0 spiro atoms. The molecule has 1 amide bonds. The Morgan fingerprint density at radius 1 is 1.26 bits per heavy atom. The monoisotopic (exact) mass is 446 g/mol. The van der Waals surface area contributed by atoms with E-state index in [-0.39, 0.29) is 18.5 Å². The minimum atomic E-state index is -3.68. The highest BCUT2D eigenvalue weighted by atomic mass is 32.2. The van der Waals surface area contributed by atoms with Crippen molar-refractivity contribution in [3.8, 4) is 11.5 Å². The fourth-order valence-electron chi connectivity index (χ4n) is 3.75. The number of ether oxygens (including phenoxy) is 2. The lowest BCUT2D eigenvalue weighted by Gasteiger charge is -2.38. The number of carbonyl (C=O) groups excluding carboxylic acids is 1. The number of anilines is 1. The van der Waals surface area contributed by atoms with Crippen LogP contribution < -0.4 is 19.1 Å². The summed E-state index contributed by atoms with van der Waals surface area (Å²) in [6.45, 7) is 7.91. The molecule has 31 heavy (non-hydrogen) atoms. The van der Waals surface area contributed by atoms with Gasteiger partial charge in [0, 0.05) is 18.1 Å². The molecule has 2 aromatic rings. The first-order chi connectivity index (χ1) is 14.5. The molecule has 7 nitrogen and oxygen atoms in total. The standard InChI is InChI=1S/C23H30N2O5S/c1-6-29-18-9-7-8-17(13-18)25(31(5,27)28)15-22(26)24-20-14-23(3,4)30-21-12-16(2)10-11-19(20)21/h7-13,20H,6,14-15H2,1-5H3,(H,24,26)/t20-/m1/s1. The van der Waals surface area contributed by atoms with Crippen LogP contribution in [0, 0.1) is 6.92 Å². The third-order valence-corrected chi connectivity index (χ3v) is 6.21. The topological polar surface area (TPSA) is 84.9 Å². The van der Waals surface area contributed by atoms with E-state index < -0.39 is 15.6 Å². The second-order valence-corrected chi connectivity index (χ2v) is 10.3. The lowest BCUT2D eigenvalue weighted by Crippen LogP contribution is -2.45. The van der Waals surface area contributed by atoms with Crippen molar-refractivity contribution in [3.63, 3.8) is 0 Å². The average Bonchev–Trinajstić information content (AvgIpc) is 2.64. The number of amides is 1. The summed E-state index contributed by atoms with van der Waals surface area (Å²) >= 11 is 0. The molecule has 1 N–H and O–H groups in total. The van der Waals surface area contributed by atoms with Crippen molar-refractivity contribution in [1.29, 1.82) is 0 Å². The van der Waals surface area contributed by atoms with Crippen LogP contribution in [0.5, 0.6) is 11.5 Å². The maximum atomic E-state index is 13.0. The van der Waals surface area contributed by atoms with Gasteiger partial charge in [0.1, 0.15) is 23.6 Å².